The average molecular weight is 404 g/mol. The van der Waals surface area contributed by atoms with E-state index in [1.807, 2.05) is 13.0 Å². The van der Waals surface area contributed by atoms with Crippen molar-refractivity contribution in [2.24, 2.45) is 11.8 Å². The maximum absolute atomic E-state index is 12.8. The topological polar surface area (TPSA) is 104 Å². The van der Waals surface area contributed by atoms with E-state index in [-0.39, 0.29) is 35.1 Å². The number of nitrogens with zero attached hydrogens (tertiary/aromatic N) is 1. The minimum Gasteiger partial charge on any atom is -0.478 e. The van der Waals surface area contributed by atoms with Crippen molar-refractivity contribution >= 4 is 35.1 Å². The van der Waals surface area contributed by atoms with Gasteiger partial charge in [-0.15, -0.1) is 0 Å². The number of allylic oxidation sites excluding steroid dienone is 2. The smallest absolute Gasteiger partial charge is 0.335 e. The number of nitrogens with one attached hydrogen (secondary N) is 1. The van der Waals surface area contributed by atoms with Crippen LogP contribution in [0.25, 0.3) is 0 Å². The van der Waals surface area contributed by atoms with Gasteiger partial charge in [-0.05, 0) is 68.3 Å². The first-order valence-corrected chi connectivity index (χ1v) is 9.63. The van der Waals surface area contributed by atoms with E-state index >= 15 is 0 Å². The lowest BCUT2D eigenvalue weighted by Crippen LogP contribution is -2.30. The molecule has 2 N–H and O–H groups in total. The maximum Gasteiger partial charge on any atom is 0.335 e. The van der Waals surface area contributed by atoms with Gasteiger partial charge in [-0.2, -0.15) is 0 Å². The van der Waals surface area contributed by atoms with Gasteiger partial charge in [-0.3, -0.25) is 19.3 Å². The van der Waals surface area contributed by atoms with Crippen molar-refractivity contribution in [2.45, 2.75) is 19.8 Å². The molecule has 1 aliphatic carbocycles. The number of aromatic carboxylic acids is 1. The average Bonchev–Trinajstić information content (AvgIpc) is 2.98. The molecule has 30 heavy (non-hydrogen) atoms. The minimum atomic E-state index is -1.04. The SMILES string of the molecule is CC1=CC[C@H]2C(=O)N(c3ccc(C(=O)Nc4ccc(C(=O)O)cc4)cc3)C(=O)[C@H]2C1. The summed E-state index contributed by atoms with van der Waals surface area (Å²) in [7, 11) is 0. The fourth-order valence-electron chi connectivity index (χ4n) is 3.95. The van der Waals surface area contributed by atoms with Crippen molar-refractivity contribution in [1.82, 2.24) is 0 Å². The van der Waals surface area contributed by atoms with Gasteiger partial charge in [-0.25, -0.2) is 4.79 Å². The number of fused-ring (bicyclic) bond motifs is 1. The third kappa shape index (κ3) is 3.50. The summed E-state index contributed by atoms with van der Waals surface area (Å²) in [6, 6.07) is 12.1. The number of carbonyl (C=O) groups excluding carboxylic acids is 3. The number of imide groups is 1. The quantitative estimate of drug-likeness (QED) is 0.600. The van der Waals surface area contributed by atoms with Crippen LogP contribution in [0, 0.1) is 11.8 Å². The Labute approximate surface area is 173 Å². The maximum atomic E-state index is 12.8. The molecule has 0 radical (unpaired) electrons. The Bertz CT molecular complexity index is 1070. The molecule has 152 valence electrons. The van der Waals surface area contributed by atoms with Gasteiger partial charge >= 0.3 is 5.97 Å². The molecule has 2 aromatic rings. The molecular weight excluding hydrogens is 384 g/mol. The van der Waals surface area contributed by atoms with Crippen molar-refractivity contribution in [3.8, 4) is 0 Å². The number of carbonyl (C=O) groups is 4. The molecule has 0 aromatic heterocycles. The van der Waals surface area contributed by atoms with Crippen LogP contribution in [0.15, 0.2) is 60.2 Å². The highest BCUT2D eigenvalue weighted by atomic mass is 16.4. The fourth-order valence-corrected chi connectivity index (χ4v) is 3.95. The summed E-state index contributed by atoms with van der Waals surface area (Å²) in [6.07, 6.45) is 3.21. The first-order valence-electron chi connectivity index (χ1n) is 9.63. The second-order valence-electron chi connectivity index (χ2n) is 7.60. The number of carboxylic acid groups (broad SMARTS) is 1. The number of carboxylic acids is 1. The highest BCUT2D eigenvalue weighted by molar-refractivity contribution is 6.22. The molecular formula is C23H20N2O5. The van der Waals surface area contributed by atoms with Crippen LogP contribution in [0.4, 0.5) is 11.4 Å². The highest BCUT2D eigenvalue weighted by Gasteiger charge is 2.48. The van der Waals surface area contributed by atoms with Gasteiger partial charge in [0, 0.05) is 11.3 Å². The zero-order valence-corrected chi connectivity index (χ0v) is 16.3. The van der Waals surface area contributed by atoms with Crippen LogP contribution >= 0.6 is 0 Å². The Hall–Kier alpha value is -3.74. The van der Waals surface area contributed by atoms with E-state index in [0.29, 0.717) is 29.8 Å². The molecule has 2 atom stereocenters. The molecule has 4 rings (SSSR count). The molecule has 1 saturated heterocycles. The van der Waals surface area contributed by atoms with E-state index in [2.05, 4.69) is 5.32 Å². The summed E-state index contributed by atoms with van der Waals surface area (Å²) < 4.78 is 0. The number of anilines is 2. The van der Waals surface area contributed by atoms with Crippen molar-refractivity contribution < 1.29 is 24.3 Å². The standard InChI is InChI=1S/C23H20N2O5/c1-13-2-11-18-19(12-13)22(28)25(21(18)27)17-9-5-14(6-10-17)20(26)24-16-7-3-15(4-8-16)23(29)30/h2-10,18-19H,11-12H2,1H3,(H,24,26)(H,29,30)/t18-,19+/m1/s1. The number of benzene rings is 2. The Kier molecular flexibility index (Phi) is 4.95. The van der Waals surface area contributed by atoms with Crippen LogP contribution in [0.1, 0.15) is 40.5 Å². The van der Waals surface area contributed by atoms with Gasteiger partial charge in [-0.1, -0.05) is 11.6 Å². The summed E-state index contributed by atoms with van der Waals surface area (Å²) in [5, 5.41) is 11.6. The zero-order chi connectivity index (χ0) is 21.4. The predicted molar refractivity (Wildman–Crippen MR) is 110 cm³/mol. The number of hydrogen-bond donors (Lipinski definition) is 2. The first kappa shape index (κ1) is 19.6. The molecule has 2 aromatic carbocycles. The highest BCUT2D eigenvalue weighted by Crippen LogP contribution is 2.39. The van der Waals surface area contributed by atoms with Crippen molar-refractivity contribution in [2.75, 3.05) is 10.2 Å². The molecule has 0 spiro atoms. The number of amides is 3. The van der Waals surface area contributed by atoms with Crippen LogP contribution in [-0.4, -0.2) is 28.8 Å². The van der Waals surface area contributed by atoms with Crippen LogP contribution < -0.4 is 10.2 Å². The monoisotopic (exact) mass is 404 g/mol. The summed E-state index contributed by atoms with van der Waals surface area (Å²) in [5.74, 6) is -2.41. The van der Waals surface area contributed by atoms with E-state index in [4.69, 9.17) is 5.11 Å². The molecule has 0 bridgehead atoms. The Morgan fingerprint density at radius 3 is 2.17 bits per heavy atom. The molecule has 0 unspecified atom stereocenters. The Balaban J connectivity index is 1.47. The zero-order valence-electron chi connectivity index (χ0n) is 16.3. The molecule has 1 aliphatic heterocycles. The van der Waals surface area contributed by atoms with Crippen molar-refractivity contribution in [3.05, 3.63) is 71.3 Å². The second-order valence-corrected chi connectivity index (χ2v) is 7.60. The molecule has 3 amide bonds. The lowest BCUT2D eigenvalue weighted by atomic mass is 9.82. The third-order valence-electron chi connectivity index (χ3n) is 5.60. The minimum absolute atomic E-state index is 0.128. The second kappa shape index (κ2) is 7.59. The molecule has 7 heteroatoms. The van der Waals surface area contributed by atoms with Crippen LogP contribution in [0.3, 0.4) is 0 Å². The summed E-state index contributed by atoms with van der Waals surface area (Å²) >= 11 is 0. The Morgan fingerprint density at radius 1 is 0.933 bits per heavy atom. The largest absolute Gasteiger partial charge is 0.478 e. The van der Waals surface area contributed by atoms with Gasteiger partial charge in [0.25, 0.3) is 5.91 Å². The van der Waals surface area contributed by atoms with Gasteiger partial charge in [0.15, 0.2) is 0 Å². The molecule has 7 nitrogen and oxygen atoms in total. The first-order chi connectivity index (χ1) is 14.3. The van der Waals surface area contributed by atoms with E-state index in [9.17, 15) is 19.2 Å². The number of rotatable bonds is 4. The van der Waals surface area contributed by atoms with Crippen molar-refractivity contribution in [1.29, 1.82) is 0 Å². The van der Waals surface area contributed by atoms with Gasteiger partial charge in [0.1, 0.15) is 0 Å². The van der Waals surface area contributed by atoms with Crippen LogP contribution in [0.5, 0.6) is 0 Å². The third-order valence-corrected chi connectivity index (χ3v) is 5.60. The Morgan fingerprint density at radius 2 is 1.53 bits per heavy atom. The van der Waals surface area contributed by atoms with E-state index in [1.165, 1.54) is 29.2 Å². The van der Waals surface area contributed by atoms with Gasteiger partial charge in [0.2, 0.25) is 11.8 Å². The summed E-state index contributed by atoms with van der Waals surface area (Å²) in [6.45, 7) is 1.97. The normalized spacial score (nSPS) is 20.6. The molecule has 0 saturated carbocycles. The summed E-state index contributed by atoms with van der Waals surface area (Å²) in [4.78, 5) is 50.1. The lowest BCUT2D eigenvalue weighted by Gasteiger charge is -2.18. The summed E-state index contributed by atoms with van der Waals surface area (Å²) in [5.41, 5.74) is 2.53. The van der Waals surface area contributed by atoms with E-state index in [1.54, 1.807) is 24.3 Å². The molecule has 2 aliphatic rings. The van der Waals surface area contributed by atoms with Crippen LogP contribution in [0.2, 0.25) is 0 Å². The molecule has 1 heterocycles. The van der Waals surface area contributed by atoms with Crippen molar-refractivity contribution in [3.63, 3.8) is 0 Å². The van der Waals surface area contributed by atoms with E-state index in [0.717, 1.165) is 5.57 Å². The molecule has 1 fully saturated rings. The predicted octanol–water partition coefficient (Wildman–Crippen LogP) is 3.48. The van der Waals surface area contributed by atoms with Crippen LogP contribution in [-0.2, 0) is 9.59 Å². The van der Waals surface area contributed by atoms with Gasteiger partial charge in [0.05, 0.1) is 23.1 Å². The van der Waals surface area contributed by atoms with E-state index < -0.39 is 5.97 Å². The van der Waals surface area contributed by atoms with Gasteiger partial charge < -0.3 is 10.4 Å². The lowest BCUT2D eigenvalue weighted by molar-refractivity contribution is -0.122. The number of hydrogen-bond acceptors (Lipinski definition) is 4. The fraction of sp³-hybridized carbons (Fsp3) is 0.217.